The molecule has 23 heavy (non-hydrogen) atoms. The molecule has 0 spiro atoms. The number of phenolic OH excluding ortho intramolecular Hbond substituents is 3. The van der Waals surface area contributed by atoms with Gasteiger partial charge >= 0.3 is 0 Å². The molecule has 3 aromatic carbocycles. The van der Waals surface area contributed by atoms with Gasteiger partial charge in [-0.25, -0.2) is 0 Å². The van der Waals surface area contributed by atoms with Gasteiger partial charge < -0.3 is 26.8 Å². The molecule has 0 aliphatic heterocycles. The first-order chi connectivity index (χ1) is 10.9. The Labute approximate surface area is 134 Å². The summed E-state index contributed by atoms with van der Waals surface area (Å²) in [6, 6.07) is 19.0. The topological polar surface area (TPSA) is 113 Å². The summed E-state index contributed by atoms with van der Waals surface area (Å²) in [4.78, 5) is 0. The summed E-state index contributed by atoms with van der Waals surface area (Å²) in [6.07, 6.45) is 0. The molecule has 118 valence electrons. The minimum Gasteiger partial charge on any atom is -0.508 e. The maximum atomic E-state index is 8.67. The van der Waals surface area contributed by atoms with Crippen LogP contribution < -0.4 is 11.5 Å². The average Bonchev–Trinajstić information content (AvgIpc) is 2.48. The Morgan fingerprint density at radius 3 is 1.00 bits per heavy atom. The maximum absolute atomic E-state index is 8.67. The fourth-order valence-corrected chi connectivity index (χ4v) is 1.93. The quantitative estimate of drug-likeness (QED) is 0.443. The highest BCUT2D eigenvalue weighted by Gasteiger charge is 1.96. The van der Waals surface area contributed by atoms with E-state index in [0.29, 0.717) is 0 Å². The average molecular weight is 310 g/mol. The van der Waals surface area contributed by atoms with Gasteiger partial charge in [-0.2, -0.15) is 0 Å². The van der Waals surface area contributed by atoms with Gasteiger partial charge in [-0.1, -0.05) is 24.3 Å². The van der Waals surface area contributed by atoms with Gasteiger partial charge in [0.05, 0.1) is 0 Å². The summed E-state index contributed by atoms with van der Waals surface area (Å²) in [5.74, 6) is -0.437. The van der Waals surface area contributed by atoms with E-state index in [2.05, 4.69) is 0 Å². The number of nitrogen functional groups attached to an aromatic ring is 2. The van der Waals surface area contributed by atoms with Crippen molar-refractivity contribution in [3.63, 3.8) is 0 Å². The largest absolute Gasteiger partial charge is 0.508 e. The Bertz CT molecular complexity index is 675. The van der Waals surface area contributed by atoms with E-state index in [-0.39, 0.29) is 17.2 Å². The summed E-state index contributed by atoms with van der Waals surface area (Å²) in [7, 11) is 0. The molecule has 0 unspecified atom stereocenters. The fourth-order valence-electron chi connectivity index (χ4n) is 1.93. The molecule has 0 bridgehead atoms. The highest BCUT2D eigenvalue weighted by atomic mass is 16.3. The molecule has 0 heterocycles. The molecule has 0 saturated carbocycles. The highest BCUT2D eigenvalue weighted by Crippen LogP contribution is 2.24. The zero-order valence-corrected chi connectivity index (χ0v) is 12.3. The lowest BCUT2D eigenvalue weighted by Gasteiger charge is -2.02. The van der Waals surface area contributed by atoms with Crippen LogP contribution in [-0.4, -0.2) is 15.3 Å². The lowest BCUT2D eigenvalue weighted by molar-refractivity contribution is 0.428. The van der Waals surface area contributed by atoms with Crippen molar-refractivity contribution in [1.82, 2.24) is 0 Å². The van der Waals surface area contributed by atoms with Gasteiger partial charge in [-0.15, -0.1) is 0 Å². The highest BCUT2D eigenvalue weighted by molar-refractivity contribution is 5.67. The van der Waals surface area contributed by atoms with Crippen LogP contribution in [-0.2, 0) is 0 Å². The first kappa shape index (κ1) is 16.0. The van der Waals surface area contributed by atoms with E-state index in [0.717, 1.165) is 40.7 Å². The first-order valence-electron chi connectivity index (χ1n) is 6.87. The number of nitrogens with two attached hydrogens (primary N) is 2. The number of hydrogen-bond acceptors (Lipinski definition) is 5. The van der Waals surface area contributed by atoms with E-state index in [4.69, 9.17) is 26.8 Å². The Hall–Kier alpha value is -3.34. The van der Waals surface area contributed by atoms with E-state index in [9.17, 15) is 0 Å². The molecule has 0 saturated heterocycles. The molecule has 0 fully saturated rings. The van der Waals surface area contributed by atoms with Crippen LogP contribution in [0.3, 0.4) is 0 Å². The molecular formula is C18H18N2O3. The van der Waals surface area contributed by atoms with Crippen molar-refractivity contribution in [1.29, 1.82) is 0 Å². The molecule has 0 amide bonds. The van der Waals surface area contributed by atoms with E-state index >= 15 is 0 Å². The summed E-state index contributed by atoms with van der Waals surface area (Å²) in [5.41, 5.74) is 15.1. The summed E-state index contributed by atoms with van der Waals surface area (Å²) < 4.78 is 0. The van der Waals surface area contributed by atoms with Crippen molar-refractivity contribution >= 4 is 11.4 Å². The standard InChI is InChI=1S/C12H12N2.C6H6O3/c13-11-5-1-9(2-6-11)10-3-7-12(14)8-4-10;7-4-1-5(8)3-6(9)2-4/h1-8H,13-14H2;1-3,7-9H. The molecule has 0 atom stereocenters. The van der Waals surface area contributed by atoms with Crippen LogP contribution in [0.1, 0.15) is 0 Å². The second-order valence-electron chi connectivity index (χ2n) is 4.95. The summed E-state index contributed by atoms with van der Waals surface area (Å²) in [5, 5.41) is 26.0. The zero-order valence-electron chi connectivity index (χ0n) is 12.3. The molecule has 0 radical (unpaired) electrons. The van der Waals surface area contributed by atoms with Crippen molar-refractivity contribution in [2.75, 3.05) is 11.5 Å². The van der Waals surface area contributed by atoms with E-state index in [1.165, 1.54) is 0 Å². The molecule has 5 nitrogen and oxygen atoms in total. The third kappa shape index (κ3) is 4.86. The van der Waals surface area contributed by atoms with E-state index < -0.39 is 0 Å². The van der Waals surface area contributed by atoms with Crippen LogP contribution in [0.25, 0.3) is 11.1 Å². The molecule has 0 aromatic heterocycles. The summed E-state index contributed by atoms with van der Waals surface area (Å²) in [6.45, 7) is 0. The van der Waals surface area contributed by atoms with E-state index in [1.54, 1.807) is 0 Å². The van der Waals surface area contributed by atoms with Crippen LogP contribution in [0.5, 0.6) is 17.2 Å². The third-order valence-corrected chi connectivity index (χ3v) is 3.04. The van der Waals surface area contributed by atoms with Crippen molar-refractivity contribution in [3.8, 4) is 28.4 Å². The van der Waals surface area contributed by atoms with Crippen molar-refractivity contribution < 1.29 is 15.3 Å². The smallest absolute Gasteiger partial charge is 0.122 e. The van der Waals surface area contributed by atoms with Gasteiger partial charge in [0, 0.05) is 29.6 Å². The lowest BCUT2D eigenvalue weighted by Crippen LogP contribution is -1.85. The first-order valence-corrected chi connectivity index (χ1v) is 6.87. The minimum atomic E-state index is -0.146. The normalized spacial score (nSPS) is 9.74. The zero-order chi connectivity index (χ0) is 16.8. The van der Waals surface area contributed by atoms with Crippen LogP contribution in [0, 0.1) is 0 Å². The monoisotopic (exact) mass is 310 g/mol. The fraction of sp³-hybridized carbons (Fsp3) is 0. The number of benzene rings is 3. The number of aromatic hydroxyl groups is 3. The lowest BCUT2D eigenvalue weighted by atomic mass is 10.1. The van der Waals surface area contributed by atoms with Crippen LogP contribution in [0.4, 0.5) is 11.4 Å². The molecule has 0 aliphatic rings. The van der Waals surface area contributed by atoms with Gasteiger partial charge in [0.1, 0.15) is 17.2 Å². The minimum absolute atomic E-state index is 0.146. The predicted octanol–water partition coefficient (Wildman–Crippen LogP) is 3.32. The third-order valence-electron chi connectivity index (χ3n) is 3.04. The van der Waals surface area contributed by atoms with Crippen molar-refractivity contribution in [2.24, 2.45) is 0 Å². The van der Waals surface area contributed by atoms with Gasteiger partial charge in [0.25, 0.3) is 0 Å². The second kappa shape index (κ2) is 7.09. The molecule has 7 N–H and O–H groups in total. The Morgan fingerprint density at radius 1 is 0.478 bits per heavy atom. The van der Waals surface area contributed by atoms with Crippen molar-refractivity contribution in [2.45, 2.75) is 0 Å². The SMILES string of the molecule is Nc1ccc(-c2ccc(N)cc2)cc1.Oc1cc(O)cc(O)c1. The summed E-state index contributed by atoms with van der Waals surface area (Å²) >= 11 is 0. The number of anilines is 2. The molecule has 5 heteroatoms. The van der Waals surface area contributed by atoms with Crippen LogP contribution in [0.2, 0.25) is 0 Å². The van der Waals surface area contributed by atoms with Gasteiger partial charge in [-0.3, -0.25) is 0 Å². The van der Waals surface area contributed by atoms with Gasteiger partial charge in [-0.05, 0) is 35.4 Å². The van der Waals surface area contributed by atoms with Crippen molar-refractivity contribution in [3.05, 3.63) is 66.7 Å². The predicted molar refractivity (Wildman–Crippen MR) is 92.1 cm³/mol. The van der Waals surface area contributed by atoms with Crippen LogP contribution in [0.15, 0.2) is 66.7 Å². The molecule has 0 aliphatic carbocycles. The Balaban J connectivity index is 0.000000185. The molecule has 3 rings (SSSR count). The molecule has 3 aromatic rings. The Kier molecular flexibility index (Phi) is 4.94. The van der Waals surface area contributed by atoms with E-state index in [1.807, 2.05) is 48.5 Å². The molecular weight excluding hydrogens is 292 g/mol. The maximum Gasteiger partial charge on any atom is 0.122 e. The van der Waals surface area contributed by atoms with Gasteiger partial charge in [0.2, 0.25) is 0 Å². The van der Waals surface area contributed by atoms with Crippen LogP contribution >= 0.6 is 0 Å². The van der Waals surface area contributed by atoms with Gasteiger partial charge in [0.15, 0.2) is 0 Å². The number of hydrogen-bond donors (Lipinski definition) is 5. The Morgan fingerprint density at radius 2 is 0.739 bits per heavy atom. The number of rotatable bonds is 1. The second-order valence-corrected chi connectivity index (χ2v) is 4.95. The number of phenols is 3.